The average Bonchev–Trinajstić information content (AvgIpc) is 2.86. The topological polar surface area (TPSA) is 32.3 Å². The van der Waals surface area contributed by atoms with Crippen molar-refractivity contribution in [2.75, 3.05) is 20.6 Å². The number of nitrogens with one attached hydrogen (secondary N) is 1. The number of carbonyl (C=O) groups excluding carboxylic acids is 1. The maximum atomic E-state index is 12.3. The van der Waals surface area contributed by atoms with E-state index in [1.807, 2.05) is 0 Å². The molecule has 3 nitrogen and oxygen atoms in total. The highest BCUT2D eigenvalue weighted by Gasteiger charge is 2.36. The normalized spacial score (nSPS) is 17.4. The van der Waals surface area contributed by atoms with Crippen molar-refractivity contribution in [3.05, 3.63) is 33.3 Å². The maximum Gasteiger partial charge on any atom is 0.252 e. The Morgan fingerprint density at radius 2 is 2.05 bits per heavy atom. The van der Waals surface area contributed by atoms with Crippen LogP contribution in [0.1, 0.15) is 36.0 Å². The molecule has 1 aromatic carbocycles. The number of benzene rings is 1. The van der Waals surface area contributed by atoms with Crippen LogP contribution in [0.5, 0.6) is 0 Å². The lowest BCUT2D eigenvalue weighted by molar-refractivity contribution is 0.0899. The first kappa shape index (κ1) is 15.8. The van der Waals surface area contributed by atoms with Gasteiger partial charge in [-0.05, 0) is 61.1 Å². The number of hydrogen-bond donors (Lipinski definition) is 1. The summed E-state index contributed by atoms with van der Waals surface area (Å²) in [6.07, 6.45) is 4.75. The summed E-state index contributed by atoms with van der Waals surface area (Å²) in [6.45, 7) is 0.688. The molecule has 0 heterocycles. The molecule has 1 amide bonds. The Labute approximate surface area is 133 Å². The van der Waals surface area contributed by atoms with E-state index in [4.69, 9.17) is 11.6 Å². The number of halogens is 2. The molecule has 2 rings (SSSR count). The maximum absolute atomic E-state index is 12.3. The molecule has 0 saturated heterocycles. The van der Waals surface area contributed by atoms with Gasteiger partial charge in [-0.1, -0.05) is 24.4 Å². The van der Waals surface area contributed by atoms with Crippen molar-refractivity contribution < 1.29 is 4.79 Å². The highest BCUT2D eigenvalue weighted by molar-refractivity contribution is 9.10. The average molecular weight is 360 g/mol. The lowest BCUT2D eigenvalue weighted by Crippen LogP contribution is -2.50. The van der Waals surface area contributed by atoms with Gasteiger partial charge in [-0.2, -0.15) is 0 Å². The van der Waals surface area contributed by atoms with E-state index in [0.29, 0.717) is 17.1 Å². The van der Waals surface area contributed by atoms with Gasteiger partial charge in [0.15, 0.2) is 0 Å². The summed E-state index contributed by atoms with van der Waals surface area (Å²) in [4.78, 5) is 14.5. The molecule has 5 heteroatoms. The van der Waals surface area contributed by atoms with E-state index in [9.17, 15) is 4.79 Å². The monoisotopic (exact) mass is 358 g/mol. The van der Waals surface area contributed by atoms with Gasteiger partial charge in [0.25, 0.3) is 5.91 Å². The zero-order valence-corrected chi connectivity index (χ0v) is 14.2. The van der Waals surface area contributed by atoms with Gasteiger partial charge in [0.05, 0.1) is 5.56 Å². The fraction of sp³-hybridized carbons (Fsp3) is 0.533. The molecule has 0 bridgehead atoms. The Balaban J connectivity index is 2.04. The molecular formula is C15H20BrClN2O. The largest absolute Gasteiger partial charge is 0.350 e. The molecule has 1 aliphatic rings. The molecule has 0 spiro atoms. The van der Waals surface area contributed by atoms with E-state index in [1.54, 1.807) is 18.2 Å². The van der Waals surface area contributed by atoms with Gasteiger partial charge in [0.1, 0.15) is 0 Å². The molecule has 1 aliphatic carbocycles. The van der Waals surface area contributed by atoms with Crippen molar-refractivity contribution in [3.63, 3.8) is 0 Å². The molecule has 0 atom stereocenters. The second kappa shape index (κ2) is 6.46. The van der Waals surface area contributed by atoms with Gasteiger partial charge in [-0.15, -0.1) is 0 Å². The van der Waals surface area contributed by atoms with Crippen molar-refractivity contribution >= 4 is 33.4 Å². The van der Waals surface area contributed by atoms with E-state index in [2.05, 4.69) is 40.2 Å². The zero-order valence-electron chi connectivity index (χ0n) is 11.9. The first-order valence-corrected chi connectivity index (χ1v) is 8.02. The first-order valence-electron chi connectivity index (χ1n) is 6.85. The van der Waals surface area contributed by atoms with Gasteiger partial charge < -0.3 is 10.2 Å². The van der Waals surface area contributed by atoms with Crippen LogP contribution in [0, 0.1) is 0 Å². The van der Waals surface area contributed by atoms with Gasteiger partial charge in [0, 0.05) is 21.6 Å². The highest BCUT2D eigenvalue weighted by atomic mass is 79.9. The minimum atomic E-state index is -0.0540. The second-order valence-corrected chi connectivity index (χ2v) is 6.92. The second-order valence-electron chi connectivity index (χ2n) is 5.63. The molecule has 1 N–H and O–H groups in total. The molecule has 0 radical (unpaired) electrons. The van der Waals surface area contributed by atoms with E-state index < -0.39 is 0 Å². The standard InChI is InChI=1S/C15H20BrClN2O/c1-19(2)15(7-3-4-8-15)10-18-14(20)12-6-5-11(17)9-13(12)16/h5-6,9H,3-4,7-8,10H2,1-2H3,(H,18,20). The number of hydrogen-bond acceptors (Lipinski definition) is 2. The number of likely N-dealkylation sites (N-methyl/N-ethyl adjacent to an activating group) is 1. The molecule has 1 aromatic rings. The Kier molecular flexibility index (Phi) is 5.10. The Morgan fingerprint density at radius 3 is 2.60 bits per heavy atom. The summed E-state index contributed by atoms with van der Waals surface area (Å²) in [6, 6.07) is 5.23. The third-order valence-electron chi connectivity index (χ3n) is 4.24. The lowest BCUT2D eigenvalue weighted by Gasteiger charge is -2.36. The van der Waals surface area contributed by atoms with Gasteiger partial charge in [0.2, 0.25) is 0 Å². The molecule has 110 valence electrons. The van der Waals surface area contributed by atoms with Crippen LogP contribution in [0.15, 0.2) is 22.7 Å². The fourth-order valence-electron chi connectivity index (χ4n) is 2.83. The van der Waals surface area contributed by atoms with E-state index in [0.717, 1.165) is 17.3 Å². The Hall–Kier alpha value is -0.580. The van der Waals surface area contributed by atoms with Crippen molar-refractivity contribution in [2.45, 2.75) is 31.2 Å². The molecule has 0 aliphatic heterocycles. The zero-order chi connectivity index (χ0) is 14.8. The van der Waals surface area contributed by atoms with Crippen molar-refractivity contribution in [2.24, 2.45) is 0 Å². The Bertz CT molecular complexity index is 499. The van der Waals surface area contributed by atoms with Crippen molar-refractivity contribution in [1.82, 2.24) is 10.2 Å². The minimum absolute atomic E-state index is 0.0540. The van der Waals surface area contributed by atoms with Crippen LogP contribution < -0.4 is 5.32 Å². The van der Waals surface area contributed by atoms with Gasteiger partial charge in [-0.25, -0.2) is 0 Å². The quantitative estimate of drug-likeness (QED) is 0.889. The molecule has 0 unspecified atom stereocenters. The molecule has 1 fully saturated rings. The fourth-order valence-corrected chi connectivity index (χ4v) is 3.69. The number of carbonyl (C=O) groups is 1. The van der Waals surface area contributed by atoms with Crippen LogP contribution in [-0.2, 0) is 0 Å². The van der Waals surface area contributed by atoms with Crippen molar-refractivity contribution in [3.8, 4) is 0 Å². The summed E-state index contributed by atoms with van der Waals surface area (Å²) in [5.41, 5.74) is 0.732. The molecular weight excluding hydrogens is 340 g/mol. The smallest absolute Gasteiger partial charge is 0.252 e. The summed E-state index contributed by atoms with van der Waals surface area (Å²) in [5.74, 6) is -0.0540. The highest BCUT2D eigenvalue weighted by Crippen LogP contribution is 2.33. The molecule has 1 saturated carbocycles. The predicted octanol–water partition coefficient (Wildman–Crippen LogP) is 3.71. The third-order valence-corrected chi connectivity index (χ3v) is 5.13. The number of rotatable bonds is 4. The van der Waals surface area contributed by atoms with E-state index in [-0.39, 0.29) is 11.4 Å². The van der Waals surface area contributed by atoms with Crippen LogP contribution >= 0.6 is 27.5 Å². The first-order chi connectivity index (χ1) is 9.44. The summed E-state index contributed by atoms with van der Waals surface area (Å²) in [7, 11) is 4.19. The molecule has 0 aromatic heterocycles. The summed E-state index contributed by atoms with van der Waals surface area (Å²) < 4.78 is 0.729. The molecule has 20 heavy (non-hydrogen) atoms. The van der Waals surface area contributed by atoms with Crippen molar-refractivity contribution in [1.29, 1.82) is 0 Å². The Morgan fingerprint density at radius 1 is 1.40 bits per heavy atom. The SMILES string of the molecule is CN(C)C1(CNC(=O)c2ccc(Cl)cc2Br)CCCC1. The van der Waals surface area contributed by atoms with Crippen LogP contribution in [0.3, 0.4) is 0 Å². The lowest BCUT2D eigenvalue weighted by atomic mass is 9.96. The summed E-state index contributed by atoms with van der Waals surface area (Å²) >= 11 is 9.29. The number of amides is 1. The van der Waals surface area contributed by atoms with Crippen LogP contribution in [0.4, 0.5) is 0 Å². The van der Waals surface area contributed by atoms with Crippen LogP contribution in [0.25, 0.3) is 0 Å². The predicted molar refractivity (Wildman–Crippen MR) is 86.4 cm³/mol. The number of nitrogens with zero attached hydrogens (tertiary/aromatic N) is 1. The van der Waals surface area contributed by atoms with E-state index >= 15 is 0 Å². The minimum Gasteiger partial charge on any atom is -0.350 e. The van der Waals surface area contributed by atoms with Gasteiger partial charge in [-0.3, -0.25) is 4.79 Å². The third kappa shape index (κ3) is 3.35. The summed E-state index contributed by atoms with van der Waals surface area (Å²) in [5, 5.41) is 3.69. The van der Waals surface area contributed by atoms with E-state index in [1.165, 1.54) is 12.8 Å². The van der Waals surface area contributed by atoms with Gasteiger partial charge >= 0.3 is 0 Å². The van der Waals surface area contributed by atoms with Crippen LogP contribution in [-0.4, -0.2) is 37.0 Å². The van der Waals surface area contributed by atoms with Crippen LogP contribution in [0.2, 0.25) is 5.02 Å².